The highest BCUT2D eigenvalue weighted by Crippen LogP contribution is 2.37. The van der Waals surface area contributed by atoms with Crippen LogP contribution in [0.25, 0.3) is 0 Å². The summed E-state index contributed by atoms with van der Waals surface area (Å²) >= 11 is 0. The average molecular weight is 254 g/mol. The molecule has 0 aromatic heterocycles. The second-order valence-corrected chi connectivity index (χ2v) is 5.86. The zero-order chi connectivity index (χ0) is 13.2. The van der Waals surface area contributed by atoms with Crippen molar-refractivity contribution in [2.45, 2.75) is 69.5 Å². The molecule has 2 fully saturated rings. The molecule has 4 nitrogen and oxygen atoms in total. The molecule has 4 heteroatoms. The maximum atomic E-state index is 11.5. The van der Waals surface area contributed by atoms with E-state index in [1.165, 1.54) is 12.8 Å². The lowest BCUT2D eigenvalue weighted by Crippen LogP contribution is -2.57. The highest BCUT2D eigenvalue weighted by Gasteiger charge is 2.45. The van der Waals surface area contributed by atoms with E-state index in [9.17, 15) is 9.90 Å². The van der Waals surface area contributed by atoms with E-state index in [0.29, 0.717) is 6.04 Å². The summed E-state index contributed by atoms with van der Waals surface area (Å²) in [5.41, 5.74) is -0.691. The Labute approximate surface area is 110 Å². The van der Waals surface area contributed by atoms with E-state index in [2.05, 4.69) is 17.1 Å². The first-order chi connectivity index (χ1) is 8.63. The third kappa shape index (κ3) is 2.69. The normalized spacial score (nSPS) is 32.7. The second kappa shape index (κ2) is 5.57. The monoisotopic (exact) mass is 254 g/mol. The van der Waals surface area contributed by atoms with E-state index in [0.717, 1.165) is 44.7 Å². The zero-order valence-corrected chi connectivity index (χ0v) is 11.6. The minimum atomic E-state index is -0.691. The molecule has 0 radical (unpaired) electrons. The Hall–Kier alpha value is -0.610. The molecule has 2 aliphatic carbocycles. The number of carboxylic acids is 1. The predicted molar refractivity (Wildman–Crippen MR) is 71.7 cm³/mol. The Balaban J connectivity index is 2.06. The summed E-state index contributed by atoms with van der Waals surface area (Å²) in [5, 5.41) is 12.6. The lowest BCUT2D eigenvalue weighted by molar-refractivity contribution is -0.147. The number of aliphatic carboxylic acids is 1. The highest BCUT2D eigenvalue weighted by atomic mass is 16.4. The van der Waals surface area contributed by atoms with E-state index in [1.807, 2.05) is 0 Å². The number of hydrogen-bond donors (Lipinski definition) is 2. The maximum Gasteiger partial charge on any atom is 0.323 e. The molecule has 2 saturated carbocycles. The second-order valence-electron chi connectivity index (χ2n) is 5.86. The van der Waals surface area contributed by atoms with Crippen molar-refractivity contribution in [3.63, 3.8) is 0 Å². The van der Waals surface area contributed by atoms with Crippen LogP contribution in [-0.2, 0) is 4.79 Å². The maximum absolute atomic E-state index is 11.5. The summed E-state index contributed by atoms with van der Waals surface area (Å²) in [6, 6.07) is 1.19. The fourth-order valence-electron chi connectivity index (χ4n) is 3.38. The van der Waals surface area contributed by atoms with Crippen LogP contribution in [0.15, 0.2) is 0 Å². The number of rotatable bonds is 6. The van der Waals surface area contributed by atoms with E-state index < -0.39 is 11.5 Å². The van der Waals surface area contributed by atoms with Gasteiger partial charge in [-0.15, -0.1) is 0 Å². The lowest BCUT2D eigenvalue weighted by atomic mass is 9.78. The van der Waals surface area contributed by atoms with Crippen molar-refractivity contribution in [2.75, 3.05) is 13.6 Å². The Morgan fingerprint density at radius 1 is 1.39 bits per heavy atom. The van der Waals surface area contributed by atoms with Crippen molar-refractivity contribution in [3.8, 4) is 0 Å². The van der Waals surface area contributed by atoms with Crippen molar-refractivity contribution < 1.29 is 9.90 Å². The molecule has 0 aromatic carbocycles. The Morgan fingerprint density at radius 2 is 2.11 bits per heavy atom. The van der Waals surface area contributed by atoms with Crippen LogP contribution in [-0.4, -0.2) is 47.2 Å². The first-order valence-electron chi connectivity index (χ1n) is 7.31. The van der Waals surface area contributed by atoms with Crippen LogP contribution in [0, 0.1) is 0 Å². The van der Waals surface area contributed by atoms with Crippen LogP contribution in [0.3, 0.4) is 0 Å². The molecule has 0 aliphatic heterocycles. The molecular weight excluding hydrogens is 228 g/mol. The van der Waals surface area contributed by atoms with Crippen LogP contribution < -0.4 is 5.32 Å². The molecule has 0 heterocycles. The Bertz CT molecular complexity index is 304. The van der Waals surface area contributed by atoms with E-state index in [-0.39, 0.29) is 0 Å². The third-order valence-electron chi connectivity index (χ3n) is 4.58. The largest absolute Gasteiger partial charge is 0.480 e. The highest BCUT2D eigenvalue weighted by molar-refractivity contribution is 5.79. The number of carboxylic acid groups (broad SMARTS) is 1. The van der Waals surface area contributed by atoms with Gasteiger partial charge < -0.3 is 10.4 Å². The molecule has 2 unspecified atom stereocenters. The fourth-order valence-corrected chi connectivity index (χ4v) is 3.38. The average Bonchev–Trinajstić information content (AvgIpc) is 3.20. The molecule has 104 valence electrons. The van der Waals surface area contributed by atoms with Gasteiger partial charge in [-0.05, 0) is 58.5 Å². The molecule has 18 heavy (non-hydrogen) atoms. The van der Waals surface area contributed by atoms with Gasteiger partial charge in [0.25, 0.3) is 0 Å². The van der Waals surface area contributed by atoms with Crippen molar-refractivity contribution in [3.05, 3.63) is 0 Å². The molecule has 0 spiro atoms. The zero-order valence-electron chi connectivity index (χ0n) is 11.6. The summed E-state index contributed by atoms with van der Waals surface area (Å²) in [6.07, 6.45) is 7.46. The van der Waals surface area contributed by atoms with Gasteiger partial charge in [-0.25, -0.2) is 0 Å². The van der Waals surface area contributed by atoms with E-state index in [1.54, 1.807) is 7.05 Å². The number of hydrogen-bond acceptors (Lipinski definition) is 3. The third-order valence-corrected chi connectivity index (χ3v) is 4.58. The number of likely N-dealkylation sites (N-methyl/N-ethyl adjacent to an activating group) is 1. The molecule has 0 saturated heterocycles. The summed E-state index contributed by atoms with van der Waals surface area (Å²) < 4.78 is 0. The quantitative estimate of drug-likeness (QED) is 0.759. The summed E-state index contributed by atoms with van der Waals surface area (Å²) in [4.78, 5) is 14.1. The van der Waals surface area contributed by atoms with Gasteiger partial charge in [0.2, 0.25) is 0 Å². The predicted octanol–water partition coefficient (Wildman–Crippen LogP) is 1.85. The summed E-state index contributed by atoms with van der Waals surface area (Å²) in [5.74, 6) is -0.679. The number of nitrogens with zero attached hydrogens (tertiary/aromatic N) is 1. The SMILES string of the molecule is CCCN(C1CC1)C1CCCC(NC)(C(=O)O)C1. The van der Waals surface area contributed by atoms with Crippen molar-refractivity contribution in [1.29, 1.82) is 0 Å². The van der Waals surface area contributed by atoms with Gasteiger partial charge in [0.15, 0.2) is 0 Å². The summed E-state index contributed by atoms with van der Waals surface area (Å²) in [7, 11) is 1.79. The standard InChI is InChI=1S/C14H26N2O2/c1-3-9-16(11-6-7-11)12-5-4-8-14(10-12,15-2)13(17)18/h11-12,15H,3-10H2,1-2H3,(H,17,18). The number of carbonyl (C=O) groups is 1. The van der Waals surface area contributed by atoms with Gasteiger partial charge in [0.1, 0.15) is 5.54 Å². The van der Waals surface area contributed by atoms with Crippen molar-refractivity contribution >= 4 is 5.97 Å². The van der Waals surface area contributed by atoms with Gasteiger partial charge in [-0.2, -0.15) is 0 Å². The van der Waals surface area contributed by atoms with Crippen LogP contribution in [0.5, 0.6) is 0 Å². The van der Waals surface area contributed by atoms with Crippen molar-refractivity contribution in [1.82, 2.24) is 10.2 Å². The van der Waals surface area contributed by atoms with Gasteiger partial charge in [-0.3, -0.25) is 9.69 Å². The van der Waals surface area contributed by atoms with Crippen LogP contribution in [0.1, 0.15) is 51.9 Å². The van der Waals surface area contributed by atoms with Gasteiger partial charge in [0, 0.05) is 12.1 Å². The molecule has 2 N–H and O–H groups in total. The topological polar surface area (TPSA) is 52.6 Å². The minimum Gasteiger partial charge on any atom is -0.480 e. The molecule has 0 aromatic rings. The van der Waals surface area contributed by atoms with Crippen LogP contribution in [0.2, 0.25) is 0 Å². The van der Waals surface area contributed by atoms with Gasteiger partial charge in [0.05, 0.1) is 0 Å². The van der Waals surface area contributed by atoms with Gasteiger partial charge >= 0.3 is 5.97 Å². The fraction of sp³-hybridized carbons (Fsp3) is 0.929. The smallest absolute Gasteiger partial charge is 0.323 e. The lowest BCUT2D eigenvalue weighted by Gasteiger charge is -2.42. The van der Waals surface area contributed by atoms with Crippen LogP contribution >= 0.6 is 0 Å². The minimum absolute atomic E-state index is 0.453. The van der Waals surface area contributed by atoms with Crippen molar-refractivity contribution in [2.24, 2.45) is 0 Å². The number of nitrogens with one attached hydrogen (secondary N) is 1. The van der Waals surface area contributed by atoms with E-state index >= 15 is 0 Å². The molecule has 0 amide bonds. The first kappa shape index (κ1) is 13.8. The molecule has 2 aliphatic rings. The Morgan fingerprint density at radius 3 is 2.61 bits per heavy atom. The van der Waals surface area contributed by atoms with Crippen LogP contribution in [0.4, 0.5) is 0 Å². The summed E-state index contributed by atoms with van der Waals surface area (Å²) in [6.45, 7) is 3.33. The molecule has 2 atom stereocenters. The van der Waals surface area contributed by atoms with Gasteiger partial charge in [-0.1, -0.05) is 6.92 Å². The molecule has 0 bridgehead atoms. The molecule has 2 rings (SSSR count). The molecular formula is C14H26N2O2. The Kier molecular flexibility index (Phi) is 4.28. The van der Waals surface area contributed by atoms with E-state index in [4.69, 9.17) is 0 Å². The first-order valence-corrected chi connectivity index (χ1v) is 7.31.